The highest BCUT2D eigenvalue weighted by atomic mass is 32.1. The van der Waals surface area contributed by atoms with Crippen molar-refractivity contribution in [2.24, 2.45) is 0 Å². The molecule has 1 N–H and O–H groups in total. The fraction of sp³-hybridized carbons (Fsp3) is 0.850. The van der Waals surface area contributed by atoms with Crippen LogP contribution in [-0.4, -0.2) is 19.8 Å². The number of aromatic nitrogens is 4. The van der Waals surface area contributed by atoms with Gasteiger partial charge in [0.25, 0.3) is 0 Å². The summed E-state index contributed by atoms with van der Waals surface area (Å²) in [5.41, 5.74) is 0. The first kappa shape index (κ1) is 21.5. The van der Waals surface area contributed by atoms with Gasteiger partial charge in [-0.2, -0.15) is 0 Å². The van der Waals surface area contributed by atoms with Crippen LogP contribution in [0.3, 0.4) is 0 Å². The molecule has 4 nitrogen and oxygen atoms in total. The van der Waals surface area contributed by atoms with Crippen LogP contribution in [0.5, 0.6) is 0 Å². The summed E-state index contributed by atoms with van der Waals surface area (Å²) < 4.78 is 2.71. The van der Waals surface area contributed by atoms with Gasteiger partial charge in [0.05, 0.1) is 0 Å². The van der Waals surface area contributed by atoms with Gasteiger partial charge in [0.2, 0.25) is 4.96 Å². The Morgan fingerprint density at radius 1 is 0.769 bits per heavy atom. The van der Waals surface area contributed by atoms with Gasteiger partial charge in [0.1, 0.15) is 0 Å². The van der Waals surface area contributed by atoms with Gasteiger partial charge in [-0.1, -0.05) is 108 Å². The molecule has 26 heavy (non-hydrogen) atoms. The summed E-state index contributed by atoms with van der Waals surface area (Å²) >= 11 is 6.64. The van der Waals surface area contributed by atoms with E-state index < -0.39 is 0 Å². The van der Waals surface area contributed by atoms with Gasteiger partial charge in [0, 0.05) is 6.42 Å². The number of rotatable bonds is 16. The minimum Gasteiger partial charge on any atom is -0.271 e. The number of nitrogens with one attached hydrogen (secondary N) is 1. The zero-order valence-electron chi connectivity index (χ0n) is 16.5. The third-order valence-electron chi connectivity index (χ3n) is 5.09. The second-order valence-corrected chi connectivity index (χ2v) is 9.08. The molecule has 0 aromatic carbocycles. The van der Waals surface area contributed by atoms with Crippen LogP contribution in [0, 0.1) is 3.95 Å². The molecule has 0 amide bonds. The molecule has 0 aliphatic rings. The molecule has 0 fully saturated rings. The van der Waals surface area contributed by atoms with Crippen LogP contribution in [0.25, 0.3) is 4.96 Å². The molecule has 0 spiro atoms. The second-order valence-electron chi connectivity index (χ2n) is 7.44. The van der Waals surface area contributed by atoms with Gasteiger partial charge in [-0.15, -0.1) is 10.2 Å². The van der Waals surface area contributed by atoms with Gasteiger partial charge < -0.3 is 0 Å². The Balaban J connectivity index is 1.36. The number of H-pyrrole nitrogens is 1. The molecule has 0 aliphatic heterocycles. The van der Waals surface area contributed by atoms with Crippen molar-refractivity contribution in [3.63, 3.8) is 0 Å². The highest BCUT2D eigenvalue weighted by molar-refractivity contribution is 7.73. The molecule has 2 aromatic rings. The van der Waals surface area contributed by atoms with Crippen molar-refractivity contribution < 1.29 is 0 Å². The summed E-state index contributed by atoms with van der Waals surface area (Å²) in [7, 11) is 0. The van der Waals surface area contributed by atoms with E-state index in [1.165, 1.54) is 108 Å². The molecule has 0 unspecified atom stereocenters. The maximum absolute atomic E-state index is 5.15. The van der Waals surface area contributed by atoms with Crippen molar-refractivity contribution >= 4 is 28.5 Å². The van der Waals surface area contributed by atoms with Crippen molar-refractivity contribution in [2.45, 2.75) is 110 Å². The van der Waals surface area contributed by atoms with E-state index >= 15 is 0 Å². The lowest BCUT2D eigenvalue weighted by Crippen LogP contribution is -1.96. The van der Waals surface area contributed by atoms with Crippen LogP contribution in [0.1, 0.15) is 109 Å². The largest absolute Gasteiger partial charge is 0.271 e. The number of unbranched alkanes of at least 4 members (excludes halogenated alkanes) is 14. The fourth-order valence-corrected chi connectivity index (χ4v) is 4.43. The Kier molecular flexibility index (Phi) is 11.1. The first-order chi connectivity index (χ1) is 12.8. The lowest BCUT2D eigenvalue weighted by atomic mass is 10.0. The Bertz CT molecular complexity index is 644. The molecule has 0 radical (unpaired) electrons. The van der Waals surface area contributed by atoms with Crippen molar-refractivity contribution in [2.75, 3.05) is 0 Å². The summed E-state index contributed by atoms with van der Waals surface area (Å²) in [6, 6.07) is 0. The highest BCUT2D eigenvalue weighted by Gasteiger charge is 2.07. The third kappa shape index (κ3) is 8.30. The number of hydrogen-bond donors (Lipinski definition) is 1. The van der Waals surface area contributed by atoms with E-state index in [2.05, 4.69) is 22.2 Å². The molecular weight excluding hydrogens is 360 g/mol. The molecule has 0 aliphatic carbocycles. The van der Waals surface area contributed by atoms with E-state index in [1.807, 2.05) is 4.52 Å². The van der Waals surface area contributed by atoms with Crippen molar-refractivity contribution in [3.8, 4) is 0 Å². The maximum Gasteiger partial charge on any atom is 0.233 e. The van der Waals surface area contributed by atoms with Gasteiger partial charge in [-0.25, -0.2) is 4.52 Å². The Morgan fingerprint density at radius 3 is 1.81 bits per heavy atom. The van der Waals surface area contributed by atoms with Crippen LogP contribution in [0.2, 0.25) is 0 Å². The van der Waals surface area contributed by atoms with Crippen LogP contribution < -0.4 is 0 Å². The van der Waals surface area contributed by atoms with Crippen LogP contribution in [-0.2, 0) is 6.42 Å². The molecule has 2 aromatic heterocycles. The number of fused-ring (bicyclic) bond motifs is 1. The summed E-state index contributed by atoms with van der Waals surface area (Å²) in [5.74, 6) is 1.02. The average molecular weight is 397 g/mol. The molecule has 6 heteroatoms. The monoisotopic (exact) mass is 396 g/mol. The van der Waals surface area contributed by atoms with Gasteiger partial charge in [-0.3, -0.25) is 5.10 Å². The van der Waals surface area contributed by atoms with E-state index in [1.54, 1.807) is 0 Å². The van der Waals surface area contributed by atoms with E-state index in [0.29, 0.717) is 0 Å². The molecule has 148 valence electrons. The second kappa shape index (κ2) is 13.4. The number of aryl methyl sites for hydroxylation is 1. The lowest BCUT2D eigenvalue weighted by Gasteiger charge is -2.03. The third-order valence-corrected chi connectivity index (χ3v) is 6.16. The first-order valence-electron chi connectivity index (χ1n) is 10.7. The highest BCUT2D eigenvalue weighted by Crippen LogP contribution is 2.15. The first-order valence-corrected chi connectivity index (χ1v) is 12.0. The number of nitrogens with zero attached hydrogens (tertiary/aromatic N) is 3. The lowest BCUT2D eigenvalue weighted by molar-refractivity contribution is 0.531. The Labute approximate surface area is 167 Å². The van der Waals surface area contributed by atoms with Gasteiger partial charge in [0.15, 0.2) is 9.78 Å². The van der Waals surface area contributed by atoms with E-state index in [9.17, 15) is 0 Å². The van der Waals surface area contributed by atoms with Crippen LogP contribution >= 0.6 is 23.6 Å². The summed E-state index contributed by atoms with van der Waals surface area (Å²) in [4.78, 5) is 0.881. The summed E-state index contributed by atoms with van der Waals surface area (Å²) in [6.45, 7) is 2.29. The van der Waals surface area contributed by atoms with Crippen LogP contribution in [0.15, 0.2) is 0 Å². The van der Waals surface area contributed by atoms with Crippen molar-refractivity contribution in [1.29, 1.82) is 0 Å². The molecule has 2 rings (SSSR count). The predicted molar refractivity (Wildman–Crippen MR) is 115 cm³/mol. The zero-order valence-corrected chi connectivity index (χ0v) is 18.1. The average Bonchev–Trinajstić information content (AvgIpc) is 3.18. The minimum absolute atomic E-state index is 0.771. The zero-order chi connectivity index (χ0) is 18.5. The topological polar surface area (TPSA) is 46.0 Å². The molecule has 0 saturated carbocycles. The number of aromatic amines is 1. The standard InChI is InChI=1S/C20H36N4S2/c1-2-3-4-5-6-7-8-9-10-11-12-13-14-15-16-17-18-21-22-19-24(18)23-20(25)26-19/h2-17H2,1H3,(H,23,25). The van der Waals surface area contributed by atoms with E-state index in [4.69, 9.17) is 12.2 Å². The molecule has 2 heterocycles. The van der Waals surface area contributed by atoms with Crippen molar-refractivity contribution in [3.05, 3.63) is 9.78 Å². The van der Waals surface area contributed by atoms with Crippen molar-refractivity contribution in [1.82, 2.24) is 19.8 Å². The Morgan fingerprint density at radius 2 is 1.27 bits per heavy atom. The normalized spacial score (nSPS) is 11.6. The SMILES string of the molecule is CCCCCCCCCCCCCCCCCc1nnc2sc(=S)[nH]n12. The minimum atomic E-state index is 0.771. The molecule has 0 bridgehead atoms. The fourth-order valence-electron chi connectivity index (χ4n) is 3.49. The predicted octanol–water partition coefficient (Wildman–Crippen LogP) is 7.26. The molecule has 0 atom stereocenters. The van der Waals surface area contributed by atoms with E-state index in [-0.39, 0.29) is 0 Å². The smallest absolute Gasteiger partial charge is 0.233 e. The van der Waals surface area contributed by atoms with E-state index in [0.717, 1.165) is 21.2 Å². The molecule has 0 saturated heterocycles. The van der Waals surface area contributed by atoms with Gasteiger partial charge >= 0.3 is 0 Å². The maximum atomic E-state index is 5.15. The molecular formula is C20H36N4S2. The van der Waals surface area contributed by atoms with Gasteiger partial charge in [-0.05, 0) is 18.6 Å². The summed E-state index contributed by atoms with van der Waals surface area (Å²) in [5, 5.41) is 11.5. The number of hydrogen-bond acceptors (Lipinski definition) is 4. The quantitative estimate of drug-likeness (QED) is 0.240. The summed E-state index contributed by atoms with van der Waals surface area (Å²) in [6.07, 6.45) is 21.9. The Hall–Kier alpha value is -0.750. The van der Waals surface area contributed by atoms with Crippen LogP contribution in [0.4, 0.5) is 0 Å².